The quantitative estimate of drug-likeness (QED) is 0.927. The van der Waals surface area contributed by atoms with Crippen LogP contribution < -0.4 is 5.32 Å². The highest BCUT2D eigenvalue weighted by Gasteiger charge is 2.43. The maximum Gasteiger partial charge on any atom is 0.0701 e. The molecule has 0 aromatic carbocycles. The van der Waals surface area contributed by atoms with Crippen LogP contribution in [0.4, 0.5) is 0 Å². The van der Waals surface area contributed by atoms with E-state index in [4.69, 9.17) is 4.74 Å². The van der Waals surface area contributed by atoms with Crippen LogP contribution in [0, 0.1) is 5.92 Å². The van der Waals surface area contributed by atoms with E-state index in [0.717, 1.165) is 19.1 Å². The molecule has 4 heteroatoms. The van der Waals surface area contributed by atoms with Crippen molar-refractivity contribution in [3.8, 4) is 0 Å². The van der Waals surface area contributed by atoms with E-state index in [2.05, 4.69) is 33.4 Å². The molecule has 0 amide bonds. The van der Waals surface area contributed by atoms with Crippen molar-refractivity contribution in [3.63, 3.8) is 0 Å². The van der Waals surface area contributed by atoms with E-state index in [-0.39, 0.29) is 0 Å². The van der Waals surface area contributed by atoms with Gasteiger partial charge in [-0.1, -0.05) is 0 Å². The van der Waals surface area contributed by atoms with Crippen molar-refractivity contribution in [2.75, 3.05) is 26.3 Å². The van der Waals surface area contributed by atoms with Crippen LogP contribution in [0.3, 0.4) is 0 Å². The molecule has 2 aliphatic heterocycles. The maximum atomic E-state index is 5.48. The zero-order valence-corrected chi connectivity index (χ0v) is 11.6. The van der Waals surface area contributed by atoms with Crippen molar-refractivity contribution < 1.29 is 4.74 Å². The van der Waals surface area contributed by atoms with Crippen LogP contribution in [0.25, 0.3) is 0 Å². The highest BCUT2D eigenvalue weighted by molar-refractivity contribution is 9.11. The second-order valence-corrected chi connectivity index (χ2v) is 7.40. The minimum Gasteiger partial charge on any atom is -0.379 e. The molecule has 0 bridgehead atoms. The van der Waals surface area contributed by atoms with Crippen molar-refractivity contribution >= 4 is 27.3 Å². The van der Waals surface area contributed by atoms with Gasteiger partial charge in [0.1, 0.15) is 0 Å². The molecule has 0 radical (unpaired) electrons. The van der Waals surface area contributed by atoms with E-state index < -0.39 is 0 Å². The van der Waals surface area contributed by atoms with Crippen LogP contribution in [0.5, 0.6) is 0 Å². The first-order valence-electron chi connectivity index (χ1n) is 5.83. The van der Waals surface area contributed by atoms with Crippen molar-refractivity contribution in [3.05, 3.63) is 20.8 Å². The lowest BCUT2D eigenvalue weighted by atomic mass is 9.76. The molecule has 0 aliphatic carbocycles. The first-order chi connectivity index (χ1) is 7.78. The zero-order chi connectivity index (χ0) is 11.0. The maximum absolute atomic E-state index is 5.48. The summed E-state index contributed by atoms with van der Waals surface area (Å²) in [6, 6.07) is 4.42. The second kappa shape index (κ2) is 4.41. The molecule has 0 spiro atoms. The predicted octanol–water partition coefficient (Wildman–Crippen LogP) is 2.78. The van der Waals surface area contributed by atoms with Crippen molar-refractivity contribution in [1.29, 1.82) is 0 Å². The molecule has 1 N–H and O–H groups in total. The third-order valence-corrected chi connectivity index (χ3v) is 5.56. The number of hydrogen-bond acceptors (Lipinski definition) is 3. The highest BCUT2D eigenvalue weighted by Crippen LogP contribution is 2.43. The molecule has 2 aliphatic rings. The molecule has 1 unspecified atom stereocenters. The SMILES string of the molecule is Brc1ccc(C2(CC3CCNC3)COC2)s1. The Morgan fingerprint density at radius 2 is 2.38 bits per heavy atom. The molecule has 1 atom stereocenters. The van der Waals surface area contributed by atoms with E-state index >= 15 is 0 Å². The summed E-state index contributed by atoms with van der Waals surface area (Å²) in [4.78, 5) is 1.50. The summed E-state index contributed by atoms with van der Waals surface area (Å²) in [7, 11) is 0. The number of rotatable bonds is 3. The number of nitrogens with one attached hydrogen (secondary N) is 1. The van der Waals surface area contributed by atoms with Gasteiger partial charge in [0.25, 0.3) is 0 Å². The van der Waals surface area contributed by atoms with Crippen LogP contribution in [-0.4, -0.2) is 26.3 Å². The summed E-state index contributed by atoms with van der Waals surface area (Å²) in [5, 5.41) is 3.45. The smallest absolute Gasteiger partial charge is 0.0701 e. The highest BCUT2D eigenvalue weighted by atomic mass is 79.9. The standard InChI is InChI=1S/C12H16BrNOS/c13-11-2-1-10(16-11)12(7-15-8-12)5-9-3-4-14-6-9/h1-2,9,14H,3-8H2. The Labute approximate surface area is 109 Å². The van der Waals surface area contributed by atoms with Crippen molar-refractivity contribution in [2.45, 2.75) is 18.3 Å². The normalized spacial score (nSPS) is 27.9. The molecular formula is C12H16BrNOS. The monoisotopic (exact) mass is 301 g/mol. The molecule has 2 nitrogen and oxygen atoms in total. The van der Waals surface area contributed by atoms with E-state index in [0.29, 0.717) is 5.41 Å². The average Bonchev–Trinajstić information content (AvgIpc) is 2.82. The molecule has 1 aromatic heterocycles. The summed E-state index contributed by atoms with van der Waals surface area (Å²) in [6.45, 7) is 4.21. The van der Waals surface area contributed by atoms with E-state index in [1.807, 2.05) is 11.3 Å². The molecule has 16 heavy (non-hydrogen) atoms. The topological polar surface area (TPSA) is 21.3 Å². The molecule has 2 fully saturated rings. The molecule has 1 aromatic rings. The van der Waals surface area contributed by atoms with Gasteiger partial charge in [-0.3, -0.25) is 0 Å². The second-order valence-electron chi connectivity index (χ2n) is 4.94. The largest absolute Gasteiger partial charge is 0.379 e. The van der Waals surface area contributed by atoms with Gasteiger partial charge in [-0.15, -0.1) is 11.3 Å². The Morgan fingerprint density at radius 3 is 2.88 bits per heavy atom. The molecule has 0 saturated carbocycles. The Balaban J connectivity index is 1.77. The lowest BCUT2D eigenvalue weighted by Gasteiger charge is -2.42. The fourth-order valence-corrected chi connectivity index (χ4v) is 4.31. The van der Waals surface area contributed by atoms with Crippen LogP contribution in [-0.2, 0) is 10.2 Å². The number of ether oxygens (including phenoxy) is 1. The number of thiophene rings is 1. The Morgan fingerprint density at radius 1 is 1.50 bits per heavy atom. The van der Waals surface area contributed by atoms with Gasteiger partial charge in [0, 0.05) is 4.88 Å². The number of halogens is 1. The van der Waals surface area contributed by atoms with Gasteiger partial charge in [-0.2, -0.15) is 0 Å². The summed E-state index contributed by atoms with van der Waals surface area (Å²) >= 11 is 5.43. The lowest BCUT2D eigenvalue weighted by Crippen LogP contribution is -2.47. The Bertz CT molecular complexity index is 369. The van der Waals surface area contributed by atoms with Gasteiger partial charge >= 0.3 is 0 Å². The lowest BCUT2D eigenvalue weighted by molar-refractivity contribution is -0.0687. The van der Waals surface area contributed by atoms with Gasteiger partial charge < -0.3 is 10.1 Å². The van der Waals surface area contributed by atoms with E-state index in [1.54, 1.807) is 0 Å². The minimum absolute atomic E-state index is 0.327. The van der Waals surface area contributed by atoms with Crippen LogP contribution >= 0.6 is 27.3 Å². The first kappa shape index (κ1) is 11.2. The summed E-state index contributed by atoms with van der Waals surface area (Å²) in [5.74, 6) is 0.838. The van der Waals surface area contributed by atoms with Gasteiger partial charge in [0.2, 0.25) is 0 Å². The fraction of sp³-hybridized carbons (Fsp3) is 0.667. The summed E-state index contributed by atoms with van der Waals surface area (Å²) < 4.78 is 6.72. The molecule has 2 saturated heterocycles. The molecule has 3 heterocycles. The molecule has 88 valence electrons. The summed E-state index contributed by atoms with van der Waals surface area (Å²) in [6.07, 6.45) is 2.61. The first-order valence-corrected chi connectivity index (χ1v) is 7.44. The van der Waals surface area contributed by atoms with Crippen LogP contribution in [0.1, 0.15) is 17.7 Å². The van der Waals surface area contributed by atoms with Crippen molar-refractivity contribution in [1.82, 2.24) is 5.32 Å². The predicted molar refractivity (Wildman–Crippen MR) is 70.1 cm³/mol. The third kappa shape index (κ3) is 1.96. The van der Waals surface area contributed by atoms with Crippen LogP contribution in [0.2, 0.25) is 0 Å². The Hall–Kier alpha value is 0.1000. The van der Waals surface area contributed by atoms with Gasteiger partial charge in [-0.05, 0) is 59.9 Å². The Kier molecular flexibility index (Phi) is 3.09. The van der Waals surface area contributed by atoms with Gasteiger partial charge in [0.05, 0.1) is 22.4 Å². The van der Waals surface area contributed by atoms with Crippen molar-refractivity contribution in [2.24, 2.45) is 5.92 Å². The van der Waals surface area contributed by atoms with Gasteiger partial charge in [0.15, 0.2) is 0 Å². The van der Waals surface area contributed by atoms with Crippen LogP contribution in [0.15, 0.2) is 15.9 Å². The molecular weight excluding hydrogens is 286 g/mol. The van der Waals surface area contributed by atoms with E-state index in [9.17, 15) is 0 Å². The fourth-order valence-electron chi connectivity index (χ4n) is 2.75. The molecule has 3 rings (SSSR count). The minimum atomic E-state index is 0.327. The average molecular weight is 302 g/mol. The third-order valence-electron chi connectivity index (χ3n) is 3.69. The van der Waals surface area contributed by atoms with Gasteiger partial charge in [-0.25, -0.2) is 0 Å². The number of hydrogen-bond donors (Lipinski definition) is 1. The summed E-state index contributed by atoms with van der Waals surface area (Å²) in [5.41, 5.74) is 0.327. The zero-order valence-electron chi connectivity index (χ0n) is 9.17. The van der Waals surface area contributed by atoms with E-state index in [1.165, 1.54) is 34.6 Å².